The summed E-state index contributed by atoms with van der Waals surface area (Å²) in [5.74, 6) is 1.47. The van der Waals surface area contributed by atoms with Crippen LogP contribution >= 0.6 is 39.0 Å². The van der Waals surface area contributed by atoms with Gasteiger partial charge in [-0.2, -0.15) is 4.98 Å². The average molecular weight is 367 g/mol. The number of hydrogen-bond acceptors (Lipinski definition) is 5. The summed E-state index contributed by atoms with van der Waals surface area (Å²) in [5.41, 5.74) is 0.977. The number of aromatic amines is 1. The molecule has 7 heteroatoms. The van der Waals surface area contributed by atoms with E-state index in [1.54, 1.807) is 23.1 Å². The summed E-state index contributed by atoms with van der Waals surface area (Å²) in [6, 6.07) is 14.0. The van der Waals surface area contributed by atoms with Crippen LogP contribution in [0.3, 0.4) is 0 Å². The number of halogens is 1. The van der Waals surface area contributed by atoms with Crippen LogP contribution in [0.25, 0.3) is 0 Å². The Morgan fingerprint density at radius 2 is 2.05 bits per heavy atom. The number of thioether (sulfide) groups is 1. The molecule has 0 saturated heterocycles. The van der Waals surface area contributed by atoms with Crippen molar-refractivity contribution in [3.8, 4) is 0 Å². The molecule has 0 saturated carbocycles. The molecular weight excluding hydrogens is 356 g/mol. The molecule has 0 unspecified atom stereocenters. The molecule has 0 aliphatic rings. The molecule has 4 nitrogen and oxygen atoms in total. The van der Waals surface area contributed by atoms with Gasteiger partial charge in [0.15, 0.2) is 5.16 Å². The summed E-state index contributed by atoms with van der Waals surface area (Å²) in [4.78, 5) is 5.71. The van der Waals surface area contributed by atoms with Crippen molar-refractivity contribution in [2.75, 3.05) is 5.32 Å². The molecule has 0 radical (unpaired) electrons. The normalized spacial score (nSPS) is 10.7. The highest BCUT2D eigenvalue weighted by molar-refractivity contribution is 9.11. The van der Waals surface area contributed by atoms with Crippen LogP contribution in [-0.4, -0.2) is 15.2 Å². The van der Waals surface area contributed by atoms with Crippen molar-refractivity contribution >= 4 is 50.7 Å². The van der Waals surface area contributed by atoms with E-state index < -0.39 is 0 Å². The smallest absolute Gasteiger partial charge is 0.247 e. The Balaban J connectivity index is 1.59. The SMILES string of the molecule is Brc1ccc(CSc2nc(Nc3ccccc3)n[nH]2)s1. The maximum Gasteiger partial charge on any atom is 0.247 e. The number of hydrogen-bond donors (Lipinski definition) is 2. The predicted octanol–water partition coefficient (Wildman–Crippen LogP) is 4.66. The number of anilines is 2. The summed E-state index contributed by atoms with van der Waals surface area (Å²) in [6.45, 7) is 0. The molecule has 20 heavy (non-hydrogen) atoms. The fraction of sp³-hybridized carbons (Fsp3) is 0.0769. The second-order valence-corrected chi connectivity index (χ2v) is 7.46. The maximum atomic E-state index is 4.41. The van der Waals surface area contributed by atoms with Gasteiger partial charge < -0.3 is 5.32 Å². The van der Waals surface area contributed by atoms with Gasteiger partial charge in [0.05, 0.1) is 3.79 Å². The molecule has 0 bridgehead atoms. The first-order valence-corrected chi connectivity index (χ1v) is 8.50. The van der Waals surface area contributed by atoms with E-state index >= 15 is 0 Å². The molecule has 3 rings (SSSR count). The molecule has 0 aliphatic carbocycles. The predicted molar refractivity (Wildman–Crippen MR) is 87.7 cm³/mol. The quantitative estimate of drug-likeness (QED) is 0.644. The van der Waals surface area contributed by atoms with E-state index in [0.29, 0.717) is 5.95 Å². The van der Waals surface area contributed by atoms with E-state index in [9.17, 15) is 0 Å². The first-order chi connectivity index (χ1) is 9.79. The summed E-state index contributed by atoms with van der Waals surface area (Å²) in [7, 11) is 0. The zero-order valence-electron chi connectivity index (χ0n) is 10.3. The first-order valence-electron chi connectivity index (χ1n) is 5.91. The van der Waals surface area contributed by atoms with E-state index in [1.807, 2.05) is 30.3 Å². The van der Waals surface area contributed by atoms with Gasteiger partial charge in [-0.15, -0.1) is 16.4 Å². The number of para-hydroxylation sites is 1. The maximum absolute atomic E-state index is 4.41. The van der Waals surface area contributed by atoms with E-state index in [2.05, 4.69) is 48.6 Å². The molecule has 2 aromatic heterocycles. The van der Waals surface area contributed by atoms with Gasteiger partial charge in [0.2, 0.25) is 5.95 Å². The highest BCUT2D eigenvalue weighted by atomic mass is 79.9. The van der Waals surface area contributed by atoms with Crippen LogP contribution < -0.4 is 5.32 Å². The van der Waals surface area contributed by atoms with E-state index in [0.717, 1.165) is 20.4 Å². The van der Waals surface area contributed by atoms with Crippen LogP contribution in [0.5, 0.6) is 0 Å². The van der Waals surface area contributed by atoms with Gasteiger partial charge in [-0.25, -0.2) is 0 Å². The fourth-order valence-corrected chi connectivity index (χ4v) is 3.91. The fourth-order valence-electron chi connectivity index (χ4n) is 1.59. The standard InChI is InChI=1S/C13H11BrN4S2/c14-11-7-6-10(20-11)8-19-13-16-12(17-18-13)15-9-4-2-1-3-5-9/h1-7H,8H2,(H2,15,16,17,18). The van der Waals surface area contributed by atoms with Crippen LogP contribution in [0.2, 0.25) is 0 Å². The third-order valence-electron chi connectivity index (χ3n) is 2.47. The van der Waals surface area contributed by atoms with Gasteiger partial charge in [0.1, 0.15) is 0 Å². The minimum atomic E-state index is 0.589. The number of benzene rings is 1. The van der Waals surface area contributed by atoms with Crippen LogP contribution in [-0.2, 0) is 5.75 Å². The highest BCUT2D eigenvalue weighted by Crippen LogP contribution is 2.28. The van der Waals surface area contributed by atoms with E-state index in [-0.39, 0.29) is 0 Å². The second-order valence-electron chi connectivity index (χ2n) is 3.95. The summed E-state index contributed by atoms with van der Waals surface area (Å²) < 4.78 is 1.15. The molecule has 1 aromatic carbocycles. The Labute approximate surface area is 133 Å². The van der Waals surface area contributed by atoms with Crippen LogP contribution in [0, 0.1) is 0 Å². The van der Waals surface area contributed by atoms with Gasteiger partial charge in [-0.1, -0.05) is 30.0 Å². The van der Waals surface area contributed by atoms with Crippen LogP contribution in [0.4, 0.5) is 11.6 Å². The Kier molecular flexibility index (Phi) is 4.39. The average Bonchev–Trinajstić information content (AvgIpc) is 3.07. The molecule has 102 valence electrons. The Morgan fingerprint density at radius 1 is 1.20 bits per heavy atom. The van der Waals surface area contributed by atoms with Crippen LogP contribution in [0.15, 0.2) is 51.4 Å². The number of nitrogens with zero attached hydrogens (tertiary/aromatic N) is 2. The number of thiophene rings is 1. The number of rotatable bonds is 5. The Morgan fingerprint density at radius 3 is 2.80 bits per heavy atom. The summed E-state index contributed by atoms with van der Waals surface area (Å²) in [5, 5.41) is 11.1. The van der Waals surface area contributed by atoms with Crippen molar-refractivity contribution in [1.82, 2.24) is 15.2 Å². The summed E-state index contributed by atoms with van der Waals surface area (Å²) >= 11 is 6.84. The Hall–Kier alpha value is -1.31. The molecular formula is C13H11BrN4S2. The highest BCUT2D eigenvalue weighted by Gasteiger charge is 2.05. The van der Waals surface area contributed by atoms with Gasteiger partial charge >= 0.3 is 0 Å². The van der Waals surface area contributed by atoms with Crippen molar-refractivity contribution in [1.29, 1.82) is 0 Å². The molecule has 0 aliphatic heterocycles. The largest absolute Gasteiger partial charge is 0.323 e. The lowest BCUT2D eigenvalue weighted by Gasteiger charge is -1.99. The third kappa shape index (κ3) is 3.62. The minimum Gasteiger partial charge on any atom is -0.323 e. The zero-order valence-corrected chi connectivity index (χ0v) is 13.6. The van der Waals surface area contributed by atoms with Gasteiger partial charge in [-0.05, 0) is 40.2 Å². The van der Waals surface area contributed by atoms with Crippen molar-refractivity contribution in [2.24, 2.45) is 0 Å². The number of H-pyrrole nitrogens is 1. The second kappa shape index (κ2) is 6.43. The first kappa shape index (κ1) is 13.7. The van der Waals surface area contributed by atoms with Crippen molar-refractivity contribution in [3.05, 3.63) is 51.1 Å². The molecule has 2 heterocycles. The topological polar surface area (TPSA) is 53.6 Å². The summed E-state index contributed by atoms with van der Waals surface area (Å²) in [6.07, 6.45) is 0. The third-order valence-corrected chi connectivity index (χ3v) is 5.19. The minimum absolute atomic E-state index is 0.589. The van der Waals surface area contributed by atoms with Gasteiger partial charge in [-0.3, -0.25) is 5.10 Å². The van der Waals surface area contributed by atoms with Crippen molar-refractivity contribution < 1.29 is 0 Å². The molecule has 2 N–H and O–H groups in total. The number of aromatic nitrogens is 3. The lowest BCUT2D eigenvalue weighted by molar-refractivity contribution is 0.973. The van der Waals surface area contributed by atoms with Crippen LogP contribution in [0.1, 0.15) is 4.88 Å². The van der Waals surface area contributed by atoms with Crippen molar-refractivity contribution in [3.63, 3.8) is 0 Å². The van der Waals surface area contributed by atoms with Gasteiger partial charge in [0.25, 0.3) is 0 Å². The molecule has 0 fully saturated rings. The van der Waals surface area contributed by atoms with E-state index in [1.165, 1.54) is 4.88 Å². The van der Waals surface area contributed by atoms with E-state index in [4.69, 9.17) is 0 Å². The van der Waals surface area contributed by atoms with Crippen molar-refractivity contribution in [2.45, 2.75) is 10.9 Å². The lowest BCUT2D eigenvalue weighted by atomic mass is 10.3. The molecule has 0 amide bonds. The lowest BCUT2D eigenvalue weighted by Crippen LogP contribution is -1.91. The monoisotopic (exact) mass is 366 g/mol. The number of nitrogens with one attached hydrogen (secondary N) is 2. The Bertz CT molecular complexity index is 681. The van der Waals surface area contributed by atoms with Gasteiger partial charge in [0, 0.05) is 16.3 Å². The molecule has 0 atom stereocenters. The molecule has 3 aromatic rings. The molecule has 0 spiro atoms. The zero-order chi connectivity index (χ0) is 13.8.